The molecule has 0 saturated carbocycles. The van der Waals surface area contributed by atoms with Gasteiger partial charge in [0.05, 0.1) is 23.7 Å². The number of esters is 1. The van der Waals surface area contributed by atoms with Crippen LogP contribution in [-0.4, -0.2) is 53.6 Å². The quantitative estimate of drug-likeness (QED) is 0.156. The van der Waals surface area contributed by atoms with Crippen LogP contribution in [0.5, 0.6) is 0 Å². The summed E-state index contributed by atoms with van der Waals surface area (Å²) in [4.78, 5) is 28.4. The van der Waals surface area contributed by atoms with Gasteiger partial charge in [0, 0.05) is 42.1 Å². The van der Waals surface area contributed by atoms with Gasteiger partial charge in [0.2, 0.25) is 0 Å². The Balaban J connectivity index is 1.22. The highest BCUT2D eigenvalue weighted by Gasteiger charge is 2.29. The van der Waals surface area contributed by atoms with Crippen molar-refractivity contribution in [2.75, 3.05) is 43.0 Å². The Morgan fingerprint density at radius 3 is 2.04 bits per heavy atom. The molecule has 6 aromatic rings. The van der Waals surface area contributed by atoms with E-state index in [1.54, 1.807) is 0 Å². The number of anilines is 3. The van der Waals surface area contributed by atoms with Crippen molar-refractivity contribution in [1.29, 1.82) is 0 Å². The van der Waals surface area contributed by atoms with Crippen molar-refractivity contribution in [3.8, 4) is 11.1 Å². The molecule has 0 amide bonds. The van der Waals surface area contributed by atoms with Crippen LogP contribution in [0.3, 0.4) is 0 Å². The first-order chi connectivity index (χ1) is 23.1. The fourth-order valence-electron chi connectivity index (χ4n) is 6.18. The molecule has 7 rings (SSSR count). The van der Waals surface area contributed by atoms with Crippen LogP contribution in [0.1, 0.15) is 34.5 Å². The summed E-state index contributed by atoms with van der Waals surface area (Å²) in [5, 5.41) is 6.78. The van der Waals surface area contributed by atoms with Gasteiger partial charge in [-0.15, -0.1) is 11.3 Å². The van der Waals surface area contributed by atoms with Crippen molar-refractivity contribution >= 4 is 56.6 Å². The van der Waals surface area contributed by atoms with Gasteiger partial charge in [0.25, 0.3) is 0 Å². The average Bonchev–Trinajstić information content (AvgIpc) is 3.53. The molecule has 1 aliphatic rings. The van der Waals surface area contributed by atoms with E-state index in [2.05, 4.69) is 75.8 Å². The molecule has 4 aromatic carbocycles. The van der Waals surface area contributed by atoms with E-state index >= 15 is 0 Å². The zero-order valence-electron chi connectivity index (χ0n) is 26.0. The van der Waals surface area contributed by atoms with E-state index in [-0.39, 0.29) is 12.6 Å². The summed E-state index contributed by atoms with van der Waals surface area (Å²) in [6, 6.07) is 36.9. The number of rotatable bonds is 9. The number of para-hydroxylation sites is 2. The number of hydrogen-bond acceptors (Lipinski definition) is 8. The molecular formula is C38H34ClN5O2S. The lowest BCUT2D eigenvalue weighted by molar-refractivity contribution is 0.0529. The zero-order valence-corrected chi connectivity index (χ0v) is 27.5. The molecule has 3 heterocycles. The first-order valence-corrected chi connectivity index (χ1v) is 17.0. The average molecular weight is 660 g/mol. The van der Waals surface area contributed by atoms with E-state index in [1.807, 2.05) is 60.8 Å². The van der Waals surface area contributed by atoms with Crippen molar-refractivity contribution in [2.45, 2.75) is 13.0 Å². The van der Waals surface area contributed by atoms with Gasteiger partial charge < -0.3 is 15.0 Å². The summed E-state index contributed by atoms with van der Waals surface area (Å²) in [5.41, 5.74) is 6.29. The summed E-state index contributed by atoms with van der Waals surface area (Å²) < 4.78 is 5.52. The SMILES string of the molecule is CCOC(=O)c1c(-c2ccc(Cl)cc2)csc1Nc1nc2ccccc2nc1N1CCN(C(c2ccccc2)c2ccccc2)CC1. The lowest BCUT2D eigenvalue weighted by atomic mass is 9.96. The standard InChI is InChI=1S/C38H34ClN5O2S/c1-2-46-38(45)33-30(26-17-19-29(39)20-18-26)25-47-37(33)42-35-36(41-32-16-10-9-15-31(32)40-35)44-23-21-43(22-24-44)34(27-11-5-3-6-12-27)28-13-7-4-8-14-28/h3-20,25,34H,2,21-24H2,1H3,(H,40,42). The molecule has 0 unspecified atom stereocenters. The van der Waals surface area contributed by atoms with Crippen molar-refractivity contribution in [1.82, 2.24) is 14.9 Å². The number of carbonyl (C=O) groups excluding carboxylic acids is 1. The monoisotopic (exact) mass is 659 g/mol. The van der Waals surface area contributed by atoms with Gasteiger partial charge in [-0.05, 0) is 47.9 Å². The summed E-state index contributed by atoms with van der Waals surface area (Å²) in [5.74, 6) is 0.975. The molecule has 1 aliphatic heterocycles. The number of aromatic nitrogens is 2. The van der Waals surface area contributed by atoms with Gasteiger partial charge >= 0.3 is 5.97 Å². The van der Waals surface area contributed by atoms with Crippen molar-refractivity contribution < 1.29 is 9.53 Å². The lowest BCUT2D eigenvalue weighted by Gasteiger charge is -2.40. The minimum absolute atomic E-state index is 0.157. The number of nitrogens with one attached hydrogen (secondary N) is 1. The largest absolute Gasteiger partial charge is 0.462 e. The molecule has 9 heteroatoms. The van der Waals surface area contributed by atoms with Crippen LogP contribution in [0, 0.1) is 0 Å². The van der Waals surface area contributed by atoms with E-state index in [0.717, 1.165) is 54.2 Å². The number of carbonyl (C=O) groups is 1. The zero-order chi connectivity index (χ0) is 32.2. The van der Waals surface area contributed by atoms with Gasteiger partial charge in [-0.1, -0.05) is 96.5 Å². The van der Waals surface area contributed by atoms with Crippen LogP contribution in [0.15, 0.2) is 115 Å². The van der Waals surface area contributed by atoms with Crippen molar-refractivity contribution in [3.05, 3.63) is 136 Å². The molecule has 47 heavy (non-hydrogen) atoms. The first-order valence-electron chi connectivity index (χ1n) is 15.8. The molecule has 0 spiro atoms. The number of benzene rings is 4. The van der Waals surface area contributed by atoms with Crippen LogP contribution in [0.2, 0.25) is 5.02 Å². The van der Waals surface area contributed by atoms with Gasteiger partial charge in [-0.2, -0.15) is 0 Å². The highest BCUT2D eigenvalue weighted by molar-refractivity contribution is 7.15. The minimum Gasteiger partial charge on any atom is -0.462 e. The van der Waals surface area contributed by atoms with E-state index < -0.39 is 5.97 Å². The van der Waals surface area contributed by atoms with Crippen LogP contribution >= 0.6 is 22.9 Å². The highest BCUT2D eigenvalue weighted by atomic mass is 35.5. The van der Waals surface area contributed by atoms with Crippen LogP contribution in [-0.2, 0) is 4.74 Å². The second-order valence-electron chi connectivity index (χ2n) is 11.3. The molecule has 1 N–H and O–H groups in total. The summed E-state index contributed by atoms with van der Waals surface area (Å²) >= 11 is 7.61. The summed E-state index contributed by atoms with van der Waals surface area (Å²) in [6.45, 7) is 5.30. The smallest absolute Gasteiger partial charge is 0.341 e. The molecule has 2 aromatic heterocycles. The van der Waals surface area contributed by atoms with Crippen LogP contribution < -0.4 is 10.2 Å². The maximum absolute atomic E-state index is 13.4. The highest BCUT2D eigenvalue weighted by Crippen LogP contribution is 2.40. The van der Waals surface area contributed by atoms with Gasteiger partial charge in [-0.3, -0.25) is 4.90 Å². The summed E-state index contributed by atoms with van der Waals surface area (Å²) in [7, 11) is 0. The number of fused-ring (bicyclic) bond motifs is 1. The third kappa shape index (κ3) is 6.58. The van der Waals surface area contributed by atoms with Crippen molar-refractivity contribution in [3.63, 3.8) is 0 Å². The Labute approximate surface area is 283 Å². The summed E-state index contributed by atoms with van der Waals surface area (Å²) in [6.07, 6.45) is 0. The number of piperazine rings is 1. The first kappa shape index (κ1) is 30.9. The van der Waals surface area contributed by atoms with E-state index in [1.165, 1.54) is 22.5 Å². The van der Waals surface area contributed by atoms with Crippen LogP contribution in [0.4, 0.5) is 16.6 Å². The van der Waals surface area contributed by atoms with Gasteiger partial charge in [-0.25, -0.2) is 14.8 Å². The third-order valence-corrected chi connectivity index (χ3v) is 9.57. The Hall–Kier alpha value is -4.76. The molecule has 236 valence electrons. The number of thiophene rings is 1. The lowest BCUT2D eigenvalue weighted by Crippen LogP contribution is -2.48. The fourth-order valence-corrected chi connectivity index (χ4v) is 7.26. The predicted molar refractivity (Wildman–Crippen MR) is 192 cm³/mol. The number of ether oxygens (including phenoxy) is 1. The molecule has 0 atom stereocenters. The number of halogens is 1. The maximum Gasteiger partial charge on any atom is 0.341 e. The molecule has 7 nitrogen and oxygen atoms in total. The Bertz CT molecular complexity index is 1940. The Morgan fingerprint density at radius 1 is 0.830 bits per heavy atom. The molecule has 0 aliphatic carbocycles. The second-order valence-corrected chi connectivity index (χ2v) is 12.7. The molecule has 0 radical (unpaired) electrons. The Kier molecular flexibility index (Phi) is 9.15. The fraction of sp³-hybridized carbons (Fsp3) is 0.184. The molecule has 1 fully saturated rings. The number of nitrogens with zero attached hydrogens (tertiary/aromatic N) is 4. The van der Waals surface area contributed by atoms with Gasteiger partial charge in [0.15, 0.2) is 11.6 Å². The second kappa shape index (κ2) is 13.9. The van der Waals surface area contributed by atoms with Crippen LogP contribution in [0.25, 0.3) is 22.2 Å². The van der Waals surface area contributed by atoms with E-state index in [0.29, 0.717) is 21.4 Å². The predicted octanol–water partition coefficient (Wildman–Crippen LogP) is 8.84. The topological polar surface area (TPSA) is 70.6 Å². The number of hydrogen-bond donors (Lipinski definition) is 1. The normalized spacial score (nSPS) is 13.6. The maximum atomic E-state index is 13.4. The molecule has 1 saturated heterocycles. The Morgan fingerprint density at radius 2 is 1.43 bits per heavy atom. The van der Waals surface area contributed by atoms with E-state index in [9.17, 15) is 4.79 Å². The molecule has 0 bridgehead atoms. The third-order valence-electron chi connectivity index (χ3n) is 8.42. The van der Waals surface area contributed by atoms with E-state index in [4.69, 9.17) is 26.3 Å². The molecular weight excluding hydrogens is 626 g/mol. The minimum atomic E-state index is -0.391. The van der Waals surface area contributed by atoms with Gasteiger partial charge in [0.1, 0.15) is 10.6 Å². The van der Waals surface area contributed by atoms with Crippen molar-refractivity contribution in [2.24, 2.45) is 0 Å².